The van der Waals surface area contributed by atoms with Gasteiger partial charge in [0.15, 0.2) is 0 Å². The van der Waals surface area contributed by atoms with Gasteiger partial charge in [0.2, 0.25) is 0 Å². The molecule has 0 bridgehead atoms. The first-order valence-corrected chi connectivity index (χ1v) is 5.99. The normalized spacial score (nSPS) is 10.3. The molecule has 0 saturated carbocycles. The highest BCUT2D eigenvalue weighted by atomic mass is 79.9. The van der Waals surface area contributed by atoms with Crippen molar-refractivity contribution in [1.82, 2.24) is 0 Å². The number of amides is 1. The summed E-state index contributed by atoms with van der Waals surface area (Å²) in [4.78, 5) is 11.9. The second-order valence-corrected chi connectivity index (χ2v) is 4.45. The summed E-state index contributed by atoms with van der Waals surface area (Å²) in [6.45, 7) is 0. The molecule has 0 unspecified atom stereocenters. The minimum atomic E-state index is -0.902. The van der Waals surface area contributed by atoms with Crippen LogP contribution < -0.4 is 5.32 Å². The van der Waals surface area contributed by atoms with Crippen LogP contribution in [0.3, 0.4) is 0 Å². The number of halogens is 4. The van der Waals surface area contributed by atoms with Crippen molar-refractivity contribution in [2.24, 2.45) is 0 Å². The minimum Gasteiger partial charge on any atom is -0.317 e. The summed E-state index contributed by atoms with van der Waals surface area (Å²) in [7, 11) is 0. The molecule has 0 saturated heterocycles. The summed E-state index contributed by atoms with van der Waals surface area (Å²) in [5.74, 6) is -3.25. The molecule has 0 aliphatic rings. The van der Waals surface area contributed by atoms with Crippen LogP contribution in [0.25, 0.3) is 0 Å². The lowest BCUT2D eigenvalue weighted by atomic mass is 10.2. The maximum absolute atomic E-state index is 13.4. The molecule has 2 rings (SSSR count). The van der Waals surface area contributed by atoms with Gasteiger partial charge in [-0.1, -0.05) is 12.1 Å². The molecule has 0 aliphatic carbocycles. The van der Waals surface area contributed by atoms with E-state index in [9.17, 15) is 18.0 Å². The van der Waals surface area contributed by atoms with E-state index < -0.39 is 29.0 Å². The molecule has 0 heterocycles. The van der Waals surface area contributed by atoms with Crippen molar-refractivity contribution in [3.8, 4) is 0 Å². The van der Waals surface area contributed by atoms with Crippen molar-refractivity contribution in [3.63, 3.8) is 0 Å². The Balaban J connectivity index is 2.34. The molecule has 0 aromatic heterocycles. The smallest absolute Gasteiger partial charge is 0.257 e. The molecule has 0 atom stereocenters. The third-order valence-electron chi connectivity index (χ3n) is 2.40. The van der Waals surface area contributed by atoms with Crippen LogP contribution >= 0.6 is 15.9 Å². The fourth-order valence-electron chi connectivity index (χ4n) is 1.48. The van der Waals surface area contributed by atoms with E-state index in [1.165, 1.54) is 18.2 Å². The summed E-state index contributed by atoms with van der Waals surface area (Å²) < 4.78 is 39.9. The molecule has 2 aromatic rings. The number of hydrogen-bond donors (Lipinski definition) is 1. The molecule has 1 N–H and O–H groups in total. The van der Waals surface area contributed by atoms with Crippen molar-refractivity contribution in [2.45, 2.75) is 0 Å². The van der Waals surface area contributed by atoms with Crippen molar-refractivity contribution in [1.29, 1.82) is 0 Å². The summed E-state index contributed by atoms with van der Waals surface area (Å²) in [6, 6.07) is 7.02. The largest absolute Gasteiger partial charge is 0.317 e. The Hall–Kier alpha value is -1.82. The summed E-state index contributed by atoms with van der Waals surface area (Å²) in [6.07, 6.45) is 0. The van der Waals surface area contributed by atoms with E-state index in [4.69, 9.17) is 0 Å². The van der Waals surface area contributed by atoms with Gasteiger partial charge in [-0.2, -0.15) is 0 Å². The van der Waals surface area contributed by atoms with Crippen LogP contribution in [0, 0.1) is 17.5 Å². The molecular weight excluding hydrogens is 323 g/mol. The molecule has 0 fully saturated rings. The Morgan fingerprint density at radius 3 is 2.11 bits per heavy atom. The second kappa shape index (κ2) is 5.44. The van der Waals surface area contributed by atoms with Gasteiger partial charge in [0.25, 0.3) is 5.91 Å². The Labute approximate surface area is 115 Å². The lowest BCUT2D eigenvalue weighted by molar-refractivity contribution is 0.102. The van der Waals surface area contributed by atoms with E-state index in [0.717, 1.165) is 18.2 Å². The number of hydrogen-bond acceptors (Lipinski definition) is 1. The average Bonchev–Trinajstić information content (AvgIpc) is 2.37. The zero-order chi connectivity index (χ0) is 14.0. The minimum absolute atomic E-state index is 0.0531. The second-order valence-electron chi connectivity index (χ2n) is 3.65. The van der Waals surface area contributed by atoms with Crippen LogP contribution in [0.5, 0.6) is 0 Å². The molecule has 0 radical (unpaired) electrons. The van der Waals surface area contributed by atoms with Crippen LogP contribution in [0.4, 0.5) is 18.9 Å². The van der Waals surface area contributed by atoms with Gasteiger partial charge in [0.05, 0.1) is 10.0 Å². The maximum Gasteiger partial charge on any atom is 0.257 e. The fraction of sp³-hybridized carbons (Fsp3) is 0. The average molecular weight is 330 g/mol. The summed E-state index contributed by atoms with van der Waals surface area (Å²) in [5, 5.41) is 2.08. The lowest BCUT2D eigenvalue weighted by Crippen LogP contribution is -2.15. The standard InChI is InChI=1S/C13H7BrF3NO/c14-11-7(3-1-4-8(11)15)13(19)18-12-9(16)5-2-6-10(12)17/h1-6H,(H,18,19). The number of carbonyl (C=O) groups excluding carboxylic acids is 1. The molecule has 98 valence electrons. The predicted octanol–water partition coefficient (Wildman–Crippen LogP) is 4.12. The Morgan fingerprint density at radius 1 is 0.947 bits per heavy atom. The number of carbonyl (C=O) groups is 1. The Kier molecular flexibility index (Phi) is 3.90. The van der Waals surface area contributed by atoms with Crippen molar-refractivity contribution in [2.75, 3.05) is 5.32 Å². The first-order chi connectivity index (χ1) is 9.00. The Bertz CT molecular complexity index is 626. The molecule has 2 aromatic carbocycles. The SMILES string of the molecule is O=C(Nc1c(F)cccc1F)c1cccc(F)c1Br. The number of rotatable bonds is 2. The van der Waals surface area contributed by atoms with Gasteiger partial charge in [0.1, 0.15) is 23.1 Å². The quantitative estimate of drug-likeness (QED) is 0.882. The van der Waals surface area contributed by atoms with Crippen molar-refractivity contribution < 1.29 is 18.0 Å². The first kappa shape index (κ1) is 13.6. The van der Waals surface area contributed by atoms with Gasteiger partial charge in [0, 0.05) is 0 Å². The van der Waals surface area contributed by atoms with E-state index in [1.54, 1.807) is 0 Å². The molecule has 1 amide bonds. The van der Waals surface area contributed by atoms with Gasteiger partial charge in [-0.25, -0.2) is 13.2 Å². The molecular formula is C13H7BrF3NO. The predicted molar refractivity (Wildman–Crippen MR) is 68.4 cm³/mol. The first-order valence-electron chi connectivity index (χ1n) is 5.20. The molecule has 6 heteroatoms. The zero-order valence-corrected chi connectivity index (χ0v) is 11.0. The van der Waals surface area contributed by atoms with E-state index >= 15 is 0 Å². The van der Waals surface area contributed by atoms with Crippen LogP contribution in [0.2, 0.25) is 0 Å². The molecule has 19 heavy (non-hydrogen) atoms. The van der Waals surface area contributed by atoms with E-state index in [2.05, 4.69) is 21.2 Å². The third-order valence-corrected chi connectivity index (χ3v) is 3.20. The number of para-hydroxylation sites is 1. The van der Waals surface area contributed by atoms with Crippen molar-refractivity contribution >= 4 is 27.5 Å². The van der Waals surface area contributed by atoms with Crippen LogP contribution in [0.1, 0.15) is 10.4 Å². The number of nitrogens with one attached hydrogen (secondary N) is 1. The highest BCUT2D eigenvalue weighted by Gasteiger charge is 2.16. The van der Waals surface area contributed by atoms with Crippen LogP contribution in [-0.4, -0.2) is 5.91 Å². The third kappa shape index (κ3) is 2.78. The van der Waals surface area contributed by atoms with Gasteiger partial charge in [-0.05, 0) is 40.2 Å². The van der Waals surface area contributed by atoms with Gasteiger partial charge < -0.3 is 5.32 Å². The van der Waals surface area contributed by atoms with E-state index in [1.807, 2.05) is 0 Å². The molecule has 2 nitrogen and oxygen atoms in total. The molecule has 0 spiro atoms. The Morgan fingerprint density at radius 2 is 1.47 bits per heavy atom. The monoisotopic (exact) mass is 329 g/mol. The van der Waals surface area contributed by atoms with Crippen molar-refractivity contribution in [3.05, 3.63) is 63.9 Å². The van der Waals surface area contributed by atoms with Gasteiger partial charge in [-0.15, -0.1) is 0 Å². The van der Waals surface area contributed by atoms with Gasteiger partial charge in [-0.3, -0.25) is 4.79 Å². The summed E-state index contributed by atoms with van der Waals surface area (Å²) >= 11 is 2.91. The van der Waals surface area contributed by atoms with E-state index in [-0.39, 0.29) is 10.0 Å². The number of benzene rings is 2. The van der Waals surface area contributed by atoms with E-state index in [0.29, 0.717) is 0 Å². The van der Waals surface area contributed by atoms with Gasteiger partial charge >= 0.3 is 0 Å². The summed E-state index contributed by atoms with van der Waals surface area (Å²) in [5.41, 5.74) is -0.619. The molecule has 0 aliphatic heterocycles. The fourth-order valence-corrected chi connectivity index (χ4v) is 1.92. The zero-order valence-electron chi connectivity index (χ0n) is 9.38. The maximum atomic E-state index is 13.4. The van der Waals surface area contributed by atoms with Crippen LogP contribution in [0.15, 0.2) is 40.9 Å². The highest BCUT2D eigenvalue weighted by Crippen LogP contribution is 2.23. The topological polar surface area (TPSA) is 29.1 Å². The number of anilines is 1. The van der Waals surface area contributed by atoms with Crippen LogP contribution in [-0.2, 0) is 0 Å². The highest BCUT2D eigenvalue weighted by molar-refractivity contribution is 9.10. The lowest BCUT2D eigenvalue weighted by Gasteiger charge is -2.09.